The second kappa shape index (κ2) is 7.84. The molecule has 2 atom stereocenters. The summed E-state index contributed by atoms with van der Waals surface area (Å²) in [5, 5.41) is 14.4. The number of carbonyl (C=O) groups excluding carboxylic acids is 1. The van der Waals surface area contributed by atoms with Crippen LogP contribution in [0.15, 0.2) is 12.7 Å². The van der Waals surface area contributed by atoms with Crippen molar-refractivity contribution in [3.05, 3.63) is 12.7 Å². The molecule has 2 unspecified atom stereocenters. The van der Waals surface area contributed by atoms with Crippen LogP contribution in [0, 0.1) is 5.92 Å². The summed E-state index contributed by atoms with van der Waals surface area (Å²) in [5.41, 5.74) is 0. The molecule has 0 rings (SSSR count). The first-order valence-corrected chi connectivity index (χ1v) is 5.76. The van der Waals surface area contributed by atoms with Gasteiger partial charge in [0.15, 0.2) is 0 Å². The predicted molar refractivity (Wildman–Crippen MR) is 66.7 cm³/mol. The largest absolute Gasteiger partial charge is 0.480 e. The van der Waals surface area contributed by atoms with E-state index in [0.717, 1.165) is 0 Å². The highest BCUT2D eigenvalue weighted by Crippen LogP contribution is 2.05. The normalized spacial score (nSPS) is 14.1. The Morgan fingerprint density at radius 2 is 1.94 bits per heavy atom. The summed E-state index contributed by atoms with van der Waals surface area (Å²) >= 11 is 0. The van der Waals surface area contributed by atoms with Crippen LogP contribution in [0.25, 0.3) is 0 Å². The van der Waals surface area contributed by atoms with Crippen molar-refractivity contribution in [2.75, 3.05) is 6.54 Å². The van der Waals surface area contributed by atoms with Crippen molar-refractivity contribution in [1.29, 1.82) is 0 Å². The van der Waals surface area contributed by atoms with Gasteiger partial charge in [0.25, 0.3) is 0 Å². The van der Waals surface area contributed by atoms with Crippen LogP contribution in [0.2, 0.25) is 0 Å². The van der Waals surface area contributed by atoms with E-state index in [0.29, 0.717) is 13.0 Å². The van der Waals surface area contributed by atoms with Crippen molar-refractivity contribution in [2.45, 2.75) is 39.3 Å². The Hall–Kier alpha value is -1.36. The number of rotatable bonds is 8. The first-order valence-electron chi connectivity index (χ1n) is 5.76. The number of hydrogen-bond acceptors (Lipinski definition) is 3. The average molecular weight is 242 g/mol. The van der Waals surface area contributed by atoms with Crippen LogP contribution in [-0.4, -0.2) is 35.6 Å². The summed E-state index contributed by atoms with van der Waals surface area (Å²) in [7, 11) is 0. The molecule has 0 aromatic rings. The van der Waals surface area contributed by atoms with Crippen LogP contribution in [0.5, 0.6) is 0 Å². The molecule has 1 amide bonds. The highest BCUT2D eigenvalue weighted by Gasteiger charge is 2.23. The van der Waals surface area contributed by atoms with Crippen molar-refractivity contribution < 1.29 is 14.7 Å². The summed E-state index contributed by atoms with van der Waals surface area (Å²) in [5.74, 6) is -0.894. The first-order chi connectivity index (χ1) is 7.88. The lowest BCUT2D eigenvalue weighted by Crippen LogP contribution is -2.49. The molecule has 0 saturated carbocycles. The minimum absolute atomic E-state index is 0.222. The predicted octanol–water partition coefficient (Wildman–Crippen LogP) is 0.766. The summed E-state index contributed by atoms with van der Waals surface area (Å²) in [6, 6.07) is -1.23. The third-order valence-corrected chi connectivity index (χ3v) is 2.27. The van der Waals surface area contributed by atoms with Gasteiger partial charge >= 0.3 is 5.97 Å². The molecule has 5 heteroatoms. The van der Waals surface area contributed by atoms with Crippen LogP contribution < -0.4 is 10.6 Å². The molecule has 0 fully saturated rings. The van der Waals surface area contributed by atoms with Gasteiger partial charge in [-0.1, -0.05) is 19.9 Å². The fourth-order valence-electron chi connectivity index (χ4n) is 1.41. The van der Waals surface area contributed by atoms with E-state index in [4.69, 9.17) is 5.11 Å². The van der Waals surface area contributed by atoms with Gasteiger partial charge in [0.05, 0.1) is 6.04 Å². The number of carboxylic acid groups (broad SMARTS) is 1. The summed E-state index contributed by atoms with van der Waals surface area (Å²) in [6.07, 6.45) is 2.07. The van der Waals surface area contributed by atoms with Gasteiger partial charge in [0.1, 0.15) is 6.04 Å². The first kappa shape index (κ1) is 15.6. The summed E-state index contributed by atoms with van der Waals surface area (Å²) in [4.78, 5) is 22.5. The molecule has 0 heterocycles. The molecule has 0 saturated heterocycles. The van der Waals surface area contributed by atoms with Crippen LogP contribution in [0.1, 0.15) is 27.2 Å². The van der Waals surface area contributed by atoms with Crippen molar-refractivity contribution >= 4 is 11.9 Å². The topological polar surface area (TPSA) is 78.4 Å². The van der Waals surface area contributed by atoms with E-state index in [1.807, 2.05) is 13.8 Å². The second-order valence-corrected chi connectivity index (χ2v) is 4.44. The maximum absolute atomic E-state index is 11.5. The quantitative estimate of drug-likeness (QED) is 0.549. The maximum atomic E-state index is 11.5. The highest BCUT2D eigenvalue weighted by atomic mass is 16.4. The fourth-order valence-corrected chi connectivity index (χ4v) is 1.41. The molecule has 3 N–H and O–H groups in total. The van der Waals surface area contributed by atoms with E-state index in [9.17, 15) is 9.59 Å². The molecule has 0 aromatic carbocycles. The molecule has 0 bridgehead atoms. The molecule has 0 aromatic heterocycles. The number of aliphatic carboxylic acids is 1. The minimum atomic E-state index is -0.929. The Balaban J connectivity index is 4.29. The minimum Gasteiger partial charge on any atom is -0.480 e. The molecule has 5 nitrogen and oxygen atoms in total. The van der Waals surface area contributed by atoms with Gasteiger partial charge in [-0.25, -0.2) is 0 Å². The SMILES string of the molecule is C=CCNC(=O)C(C)NC(CC(C)C)C(=O)O. The van der Waals surface area contributed by atoms with Crippen molar-refractivity contribution in [3.63, 3.8) is 0 Å². The van der Waals surface area contributed by atoms with Gasteiger partial charge in [0, 0.05) is 6.54 Å². The van der Waals surface area contributed by atoms with Crippen LogP contribution in [-0.2, 0) is 9.59 Å². The Morgan fingerprint density at radius 3 is 2.35 bits per heavy atom. The lowest BCUT2D eigenvalue weighted by molar-refractivity contribution is -0.140. The molecule has 0 spiro atoms. The number of nitrogens with one attached hydrogen (secondary N) is 2. The molecule has 17 heavy (non-hydrogen) atoms. The Kier molecular flexibility index (Phi) is 7.21. The van der Waals surface area contributed by atoms with E-state index in [1.54, 1.807) is 13.0 Å². The molecule has 0 aliphatic heterocycles. The third kappa shape index (κ3) is 6.73. The van der Waals surface area contributed by atoms with Gasteiger partial charge in [-0.2, -0.15) is 0 Å². The summed E-state index contributed by atoms with van der Waals surface area (Å²) in [6.45, 7) is 9.41. The third-order valence-electron chi connectivity index (χ3n) is 2.27. The smallest absolute Gasteiger partial charge is 0.320 e. The van der Waals surface area contributed by atoms with Gasteiger partial charge < -0.3 is 10.4 Å². The Labute approximate surface area is 102 Å². The van der Waals surface area contributed by atoms with Crippen molar-refractivity contribution in [1.82, 2.24) is 10.6 Å². The van der Waals surface area contributed by atoms with E-state index in [1.165, 1.54) is 0 Å². The Morgan fingerprint density at radius 1 is 1.35 bits per heavy atom. The fraction of sp³-hybridized carbons (Fsp3) is 0.667. The van der Waals surface area contributed by atoms with Gasteiger partial charge in [-0.05, 0) is 19.3 Å². The molecule has 0 radical (unpaired) electrons. The highest BCUT2D eigenvalue weighted by molar-refractivity contribution is 5.82. The average Bonchev–Trinajstić information content (AvgIpc) is 2.23. The standard InChI is InChI=1S/C12H22N2O3/c1-5-6-13-11(15)9(4)14-10(12(16)17)7-8(2)3/h5,8-10,14H,1,6-7H2,2-4H3,(H,13,15)(H,16,17). The number of amides is 1. The lowest BCUT2D eigenvalue weighted by atomic mass is 10.0. The number of carbonyl (C=O) groups is 2. The van der Waals surface area contributed by atoms with Crippen LogP contribution in [0.3, 0.4) is 0 Å². The van der Waals surface area contributed by atoms with Crippen LogP contribution >= 0.6 is 0 Å². The van der Waals surface area contributed by atoms with E-state index < -0.39 is 18.1 Å². The zero-order chi connectivity index (χ0) is 13.4. The number of hydrogen-bond donors (Lipinski definition) is 3. The van der Waals surface area contributed by atoms with Gasteiger partial charge in [-0.15, -0.1) is 6.58 Å². The number of carboxylic acids is 1. The van der Waals surface area contributed by atoms with Crippen molar-refractivity contribution in [2.24, 2.45) is 5.92 Å². The molecule has 0 aliphatic carbocycles. The molecular formula is C12H22N2O3. The van der Waals surface area contributed by atoms with Gasteiger partial charge in [0.2, 0.25) is 5.91 Å². The van der Waals surface area contributed by atoms with E-state index >= 15 is 0 Å². The van der Waals surface area contributed by atoms with Crippen LogP contribution in [0.4, 0.5) is 0 Å². The van der Waals surface area contributed by atoms with E-state index in [2.05, 4.69) is 17.2 Å². The molecule has 98 valence electrons. The lowest BCUT2D eigenvalue weighted by Gasteiger charge is -2.20. The Bertz CT molecular complexity index is 277. The summed E-state index contributed by atoms with van der Waals surface area (Å²) < 4.78 is 0. The zero-order valence-corrected chi connectivity index (χ0v) is 10.7. The zero-order valence-electron chi connectivity index (χ0n) is 10.7. The van der Waals surface area contributed by atoms with Crippen molar-refractivity contribution in [3.8, 4) is 0 Å². The van der Waals surface area contributed by atoms with Gasteiger partial charge in [-0.3, -0.25) is 14.9 Å². The molecule has 0 aliphatic rings. The van der Waals surface area contributed by atoms with E-state index in [-0.39, 0.29) is 11.8 Å². The maximum Gasteiger partial charge on any atom is 0.320 e. The second-order valence-electron chi connectivity index (χ2n) is 4.44. The molecular weight excluding hydrogens is 220 g/mol. The monoisotopic (exact) mass is 242 g/mol.